The molecule has 9 heteroatoms. The Morgan fingerprint density at radius 1 is 0.717 bits per heavy atom. The van der Waals surface area contributed by atoms with Crippen molar-refractivity contribution in [2.24, 2.45) is 4.76 Å². The minimum atomic E-state index is -1.60. The molecule has 0 amide bonds. The summed E-state index contributed by atoms with van der Waals surface area (Å²) in [6.07, 6.45) is 6.56. The van der Waals surface area contributed by atoms with Crippen molar-refractivity contribution < 1.29 is 28.3 Å². The first-order chi connectivity index (χ1) is 22.2. The van der Waals surface area contributed by atoms with E-state index in [4.69, 9.17) is 28.4 Å². The quantitative estimate of drug-likeness (QED) is 0.0355. The summed E-state index contributed by atoms with van der Waals surface area (Å²) < 4.78 is 38.1. The molecule has 0 saturated carbocycles. The Bertz CT molecular complexity index is 1520. The Hall–Kier alpha value is -4.13. The Labute approximate surface area is 276 Å². The van der Waals surface area contributed by atoms with Crippen LogP contribution < -0.4 is 34.1 Å². The highest BCUT2D eigenvalue weighted by Gasteiger charge is 2.31. The predicted octanol–water partition coefficient (Wildman–Crippen LogP) is 7.35. The monoisotopic (exact) mass is 657 g/mol. The van der Waals surface area contributed by atoms with Crippen molar-refractivity contribution in [3.63, 3.8) is 0 Å². The molecule has 0 aliphatic carbocycles. The van der Waals surface area contributed by atoms with Crippen LogP contribution in [0.25, 0.3) is 0 Å². The van der Waals surface area contributed by atoms with Gasteiger partial charge in [-0.3, -0.25) is 0 Å². The highest BCUT2D eigenvalue weighted by molar-refractivity contribution is 7.72. The molecule has 0 fully saturated rings. The summed E-state index contributed by atoms with van der Waals surface area (Å²) in [6.45, 7) is 9.74. The SMILES string of the molecule is COc1cccc(OC)c1P(/N=C(\OC[C@H](/C(C)=C/C[Si](C)(C)C)[n+]1ccccc1)c1ccccc1)c1c(OC)cccc1OC. The molecule has 0 unspecified atom stereocenters. The van der Waals surface area contributed by atoms with Crippen LogP contribution in [0.4, 0.5) is 0 Å². The number of methoxy groups -OCH3 is 4. The van der Waals surface area contributed by atoms with Gasteiger partial charge in [0.15, 0.2) is 19.0 Å². The van der Waals surface area contributed by atoms with Crippen LogP contribution >= 0.6 is 8.07 Å². The summed E-state index contributed by atoms with van der Waals surface area (Å²) in [6, 6.07) is 28.7. The topological polar surface area (TPSA) is 62.4 Å². The zero-order valence-corrected chi connectivity index (χ0v) is 30.1. The van der Waals surface area contributed by atoms with Crippen molar-refractivity contribution in [1.29, 1.82) is 0 Å². The zero-order valence-electron chi connectivity index (χ0n) is 28.2. The standard InChI is InChI=1S/C37H46N2O5PSi/c1-28(23-26-46(6,7)8)30(39-24-13-10-14-25-39)27-44-37(29-17-11-9-12-18-29)38-45(35-31(40-2)19-15-20-32(35)41-3)36-33(42-4)21-16-22-34(36)43-5/h9-25,30H,26-27H2,1-8H3/q+1/b28-23+,38-37-/t30-/m1/s1. The molecule has 0 bridgehead atoms. The van der Waals surface area contributed by atoms with Crippen molar-refractivity contribution >= 4 is 32.7 Å². The smallest absolute Gasteiger partial charge is 0.220 e. The van der Waals surface area contributed by atoms with E-state index in [9.17, 15) is 0 Å². The lowest BCUT2D eigenvalue weighted by molar-refractivity contribution is -0.715. The minimum absolute atomic E-state index is 0.0284. The predicted molar refractivity (Wildman–Crippen MR) is 192 cm³/mol. The third-order valence-corrected chi connectivity index (χ3v) is 11.0. The van der Waals surface area contributed by atoms with Gasteiger partial charge in [-0.15, -0.1) is 0 Å². The van der Waals surface area contributed by atoms with Gasteiger partial charge in [-0.05, 0) is 54.9 Å². The molecule has 0 N–H and O–H groups in total. The highest BCUT2D eigenvalue weighted by Crippen LogP contribution is 2.48. The number of rotatable bonds is 14. The number of allylic oxidation sites excluding steroid dienone is 1. The molecule has 0 radical (unpaired) electrons. The maximum Gasteiger partial charge on any atom is 0.220 e. The van der Waals surface area contributed by atoms with Gasteiger partial charge in [0.2, 0.25) is 11.9 Å². The van der Waals surface area contributed by atoms with Gasteiger partial charge in [0.1, 0.15) is 23.0 Å². The van der Waals surface area contributed by atoms with Crippen molar-refractivity contribution in [3.8, 4) is 23.0 Å². The summed E-state index contributed by atoms with van der Waals surface area (Å²) in [4.78, 5) is 0. The Morgan fingerprint density at radius 2 is 1.20 bits per heavy atom. The molecule has 3 aromatic carbocycles. The van der Waals surface area contributed by atoms with Gasteiger partial charge in [-0.1, -0.05) is 62.1 Å². The molecule has 4 aromatic rings. The molecule has 0 aliphatic rings. The highest BCUT2D eigenvalue weighted by atomic mass is 31.1. The Morgan fingerprint density at radius 3 is 1.65 bits per heavy atom. The number of hydrogen-bond donors (Lipinski definition) is 0. The average molecular weight is 658 g/mol. The molecular formula is C37H46N2O5PSi+. The summed E-state index contributed by atoms with van der Waals surface area (Å²) in [5, 5.41) is 1.59. The van der Waals surface area contributed by atoms with Crippen molar-refractivity contribution in [1.82, 2.24) is 0 Å². The van der Waals surface area contributed by atoms with E-state index in [0.717, 1.165) is 22.2 Å². The number of hydrogen-bond acceptors (Lipinski definition) is 6. The van der Waals surface area contributed by atoms with Gasteiger partial charge in [0, 0.05) is 25.8 Å². The van der Waals surface area contributed by atoms with Gasteiger partial charge >= 0.3 is 0 Å². The van der Waals surface area contributed by atoms with Crippen molar-refractivity contribution in [3.05, 3.63) is 115 Å². The van der Waals surface area contributed by atoms with Crippen LogP contribution in [0.3, 0.4) is 0 Å². The Balaban J connectivity index is 1.92. The molecule has 1 heterocycles. The molecule has 0 saturated heterocycles. The first-order valence-electron chi connectivity index (χ1n) is 15.3. The molecule has 46 heavy (non-hydrogen) atoms. The average Bonchev–Trinajstić information content (AvgIpc) is 3.08. The van der Waals surface area contributed by atoms with E-state index in [-0.39, 0.29) is 6.04 Å². The third-order valence-electron chi connectivity index (χ3n) is 7.48. The van der Waals surface area contributed by atoms with Gasteiger partial charge < -0.3 is 23.7 Å². The fourth-order valence-corrected chi connectivity index (χ4v) is 8.18. The Kier molecular flexibility index (Phi) is 12.4. The third kappa shape index (κ3) is 8.77. The second kappa shape index (κ2) is 16.4. The van der Waals surface area contributed by atoms with Crippen LogP contribution in [0.15, 0.2) is 114 Å². The molecular weight excluding hydrogens is 611 g/mol. The van der Waals surface area contributed by atoms with Crippen LogP contribution in [-0.4, -0.2) is 49.0 Å². The first kappa shape index (κ1) is 34.7. The normalized spacial score (nSPS) is 12.9. The molecule has 1 atom stereocenters. The lowest BCUT2D eigenvalue weighted by atomic mass is 10.1. The van der Waals surface area contributed by atoms with Crippen LogP contribution in [0.2, 0.25) is 25.7 Å². The number of ether oxygens (including phenoxy) is 5. The van der Waals surface area contributed by atoms with Crippen LogP contribution in [0, 0.1) is 0 Å². The fourth-order valence-electron chi connectivity index (χ4n) is 4.97. The van der Waals surface area contributed by atoms with Crippen LogP contribution in [-0.2, 0) is 4.74 Å². The largest absolute Gasteiger partial charge is 0.496 e. The zero-order chi connectivity index (χ0) is 33.1. The van der Waals surface area contributed by atoms with E-state index >= 15 is 0 Å². The van der Waals surface area contributed by atoms with E-state index in [1.54, 1.807) is 28.4 Å². The van der Waals surface area contributed by atoms with Crippen molar-refractivity contribution in [2.75, 3.05) is 35.0 Å². The summed E-state index contributed by atoms with van der Waals surface area (Å²) in [5.74, 6) is 3.11. The summed E-state index contributed by atoms with van der Waals surface area (Å²) in [7, 11) is 3.73. The molecule has 242 valence electrons. The minimum Gasteiger partial charge on any atom is -0.496 e. The lowest BCUT2D eigenvalue weighted by Gasteiger charge is -2.24. The second-order valence-corrected chi connectivity index (χ2v) is 19.2. The molecule has 0 spiro atoms. The maximum absolute atomic E-state index is 6.82. The van der Waals surface area contributed by atoms with E-state index in [2.05, 4.69) is 49.6 Å². The summed E-state index contributed by atoms with van der Waals surface area (Å²) >= 11 is 0. The van der Waals surface area contributed by atoms with Crippen molar-refractivity contribution in [2.45, 2.75) is 38.7 Å². The second-order valence-electron chi connectivity index (χ2n) is 12.0. The van der Waals surface area contributed by atoms with Gasteiger partial charge in [-0.2, -0.15) is 4.57 Å². The van der Waals surface area contributed by atoms with E-state index in [1.165, 1.54) is 5.57 Å². The molecule has 7 nitrogen and oxygen atoms in total. The van der Waals surface area contributed by atoms with Crippen LogP contribution in [0.1, 0.15) is 18.5 Å². The first-order valence-corrected chi connectivity index (χ1v) is 20.3. The number of pyridine rings is 1. The molecule has 0 aliphatic heterocycles. The maximum atomic E-state index is 6.82. The van der Waals surface area contributed by atoms with E-state index in [0.29, 0.717) is 35.5 Å². The fraction of sp³-hybridized carbons (Fsp3) is 0.297. The van der Waals surface area contributed by atoms with Gasteiger partial charge in [-0.25, -0.2) is 4.76 Å². The van der Waals surface area contributed by atoms with Gasteiger partial charge in [0.05, 0.1) is 47.1 Å². The molecule has 4 rings (SSSR count). The van der Waals surface area contributed by atoms with Gasteiger partial charge in [0.25, 0.3) is 0 Å². The van der Waals surface area contributed by atoms with E-state index in [1.807, 2.05) is 84.9 Å². The summed E-state index contributed by atoms with van der Waals surface area (Å²) in [5.41, 5.74) is 2.12. The molecule has 1 aromatic heterocycles. The van der Waals surface area contributed by atoms with Crippen LogP contribution in [0.5, 0.6) is 23.0 Å². The number of nitrogens with zero attached hydrogens (tertiary/aromatic N) is 2. The lowest BCUT2D eigenvalue weighted by Crippen LogP contribution is -2.42. The number of benzene rings is 3. The number of aromatic nitrogens is 1. The van der Waals surface area contributed by atoms with E-state index < -0.39 is 16.1 Å².